The van der Waals surface area contributed by atoms with E-state index in [-0.39, 0.29) is 24.6 Å². The second kappa shape index (κ2) is 6.58. The molecule has 1 aromatic rings. The second-order valence-corrected chi connectivity index (χ2v) is 7.35. The van der Waals surface area contributed by atoms with Gasteiger partial charge in [-0.25, -0.2) is 0 Å². The van der Waals surface area contributed by atoms with E-state index in [2.05, 4.69) is 5.32 Å². The minimum atomic E-state index is 0.152. The van der Waals surface area contributed by atoms with Gasteiger partial charge in [0.05, 0.1) is 0 Å². The zero-order valence-corrected chi connectivity index (χ0v) is 14.5. The number of nitrogens with zero attached hydrogens (tertiary/aromatic N) is 1. The highest BCUT2D eigenvalue weighted by atomic mass is 16.7. The number of benzene rings is 1. The maximum absolute atomic E-state index is 12.6. The van der Waals surface area contributed by atoms with Crippen LogP contribution in [0.1, 0.15) is 31.2 Å². The number of hydrogen-bond donors (Lipinski definition) is 1. The zero-order chi connectivity index (χ0) is 17.4. The Hall–Kier alpha value is -2.24. The Labute approximate surface area is 147 Å². The van der Waals surface area contributed by atoms with Crippen LogP contribution >= 0.6 is 0 Å². The average molecular weight is 344 g/mol. The molecule has 1 saturated carbocycles. The Bertz CT molecular complexity index is 690. The fraction of sp³-hybridized carbons (Fsp3) is 0.579. The first kappa shape index (κ1) is 16.2. The number of ether oxygens (including phenoxy) is 2. The lowest BCUT2D eigenvalue weighted by Crippen LogP contribution is -2.38. The van der Waals surface area contributed by atoms with Crippen molar-refractivity contribution in [1.82, 2.24) is 10.2 Å². The van der Waals surface area contributed by atoms with E-state index >= 15 is 0 Å². The third-order valence-corrected chi connectivity index (χ3v) is 5.83. The monoisotopic (exact) mass is 344 g/mol. The molecule has 1 aromatic carbocycles. The number of carbonyl (C=O) groups is 2. The van der Waals surface area contributed by atoms with E-state index in [0.29, 0.717) is 31.1 Å². The lowest BCUT2D eigenvalue weighted by molar-refractivity contribution is -0.131. The summed E-state index contributed by atoms with van der Waals surface area (Å²) in [5.41, 5.74) is 1.08. The number of nitrogens with one attached hydrogen (secondary N) is 1. The van der Waals surface area contributed by atoms with Crippen molar-refractivity contribution < 1.29 is 19.1 Å². The van der Waals surface area contributed by atoms with Crippen molar-refractivity contribution >= 4 is 11.8 Å². The normalized spacial score (nSPS) is 26.9. The molecule has 134 valence electrons. The minimum absolute atomic E-state index is 0.152. The molecular weight excluding hydrogens is 320 g/mol. The first-order chi connectivity index (χ1) is 12.1. The maximum Gasteiger partial charge on any atom is 0.231 e. The smallest absolute Gasteiger partial charge is 0.231 e. The van der Waals surface area contributed by atoms with Gasteiger partial charge in [-0.05, 0) is 48.8 Å². The Morgan fingerprint density at radius 2 is 2.04 bits per heavy atom. The molecule has 1 N–H and O–H groups in total. The molecule has 0 radical (unpaired) electrons. The molecule has 1 aliphatic carbocycles. The summed E-state index contributed by atoms with van der Waals surface area (Å²) < 4.78 is 10.7. The number of aryl methyl sites for hydroxylation is 1. The summed E-state index contributed by atoms with van der Waals surface area (Å²) in [7, 11) is 1.90. The summed E-state index contributed by atoms with van der Waals surface area (Å²) in [5.74, 6) is 2.80. The van der Waals surface area contributed by atoms with E-state index in [9.17, 15) is 9.59 Å². The van der Waals surface area contributed by atoms with Crippen LogP contribution in [0.15, 0.2) is 18.2 Å². The van der Waals surface area contributed by atoms with Crippen molar-refractivity contribution in [2.75, 3.05) is 20.4 Å². The van der Waals surface area contributed by atoms with Crippen molar-refractivity contribution in [3.63, 3.8) is 0 Å². The van der Waals surface area contributed by atoms with Gasteiger partial charge in [0.15, 0.2) is 11.5 Å². The molecule has 2 fully saturated rings. The molecule has 25 heavy (non-hydrogen) atoms. The Kier molecular flexibility index (Phi) is 4.27. The van der Waals surface area contributed by atoms with Gasteiger partial charge >= 0.3 is 0 Å². The van der Waals surface area contributed by atoms with Crippen molar-refractivity contribution in [2.24, 2.45) is 11.8 Å². The molecule has 2 amide bonds. The molecule has 2 heterocycles. The molecule has 0 unspecified atom stereocenters. The number of rotatable bonds is 4. The fourth-order valence-electron chi connectivity index (χ4n) is 4.28. The summed E-state index contributed by atoms with van der Waals surface area (Å²) in [4.78, 5) is 26.0. The number of carbonyl (C=O) groups excluding carboxylic acids is 2. The van der Waals surface area contributed by atoms with Gasteiger partial charge in [-0.1, -0.05) is 6.07 Å². The third-order valence-electron chi connectivity index (χ3n) is 5.83. The first-order valence-corrected chi connectivity index (χ1v) is 9.01. The summed E-state index contributed by atoms with van der Waals surface area (Å²) >= 11 is 0. The molecule has 3 aliphatic rings. The molecule has 0 bridgehead atoms. The zero-order valence-electron chi connectivity index (χ0n) is 14.5. The fourth-order valence-corrected chi connectivity index (χ4v) is 4.28. The number of fused-ring (bicyclic) bond motifs is 2. The van der Waals surface area contributed by atoms with Crippen molar-refractivity contribution in [2.45, 2.75) is 38.1 Å². The van der Waals surface area contributed by atoms with E-state index in [4.69, 9.17) is 9.47 Å². The quantitative estimate of drug-likeness (QED) is 0.903. The first-order valence-electron chi connectivity index (χ1n) is 9.01. The molecule has 0 aromatic heterocycles. The predicted molar refractivity (Wildman–Crippen MR) is 91.3 cm³/mol. The Balaban J connectivity index is 1.31. The second-order valence-electron chi connectivity index (χ2n) is 7.35. The lowest BCUT2D eigenvalue weighted by Gasteiger charge is -2.25. The number of amides is 2. The molecule has 2 aliphatic heterocycles. The summed E-state index contributed by atoms with van der Waals surface area (Å²) in [6, 6.07) is 6.10. The van der Waals surface area contributed by atoms with E-state index in [1.165, 1.54) is 0 Å². The maximum atomic E-state index is 12.6. The van der Waals surface area contributed by atoms with Crippen LogP contribution < -0.4 is 14.8 Å². The molecule has 4 rings (SSSR count). The van der Waals surface area contributed by atoms with Crippen molar-refractivity contribution in [1.29, 1.82) is 0 Å². The van der Waals surface area contributed by atoms with E-state index < -0.39 is 0 Å². The van der Waals surface area contributed by atoms with Crippen LogP contribution in [0.2, 0.25) is 0 Å². The highest BCUT2D eigenvalue weighted by molar-refractivity contribution is 5.78. The van der Waals surface area contributed by atoms with Crippen molar-refractivity contribution in [3.05, 3.63) is 23.8 Å². The number of piperidine rings is 1. The minimum Gasteiger partial charge on any atom is -0.454 e. The van der Waals surface area contributed by atoms with Crippen LogP contribution in [0.25, 0.3) is 0 Å². The Morgan fingerprint density at radius 1 is 1.24 bits per heavy atom. The highest BCUT2D eigenvalue weighted by Gasteiger charge is 2.40. The van der Waals surface area contributed by atoms with Gasteiger partial charge in [-0.3, -0.25) is 9.59 Å². The standard InChI is InChI=1S/C19H24N2O4/c1-21(15-7-13-9-18(22)20-10-14(13)8-15)19(23)5-3-12-2-4-16-17(6-12)25-11-24-16/h2,4,6,13-15H,3,5,7-11H2,1H3,(H,20,22)/t13-,14+,15-/m0/s1. The van der Waals surface area contributed by atoms with E-state index in [1.807, 2.05) is 30.1 Å². The van der Waals surface area contributed by atoms with Crippen LogP contribution in [0.4, 0.5) is 0 Å². The van der Waals surface area contributed by atoms with E-state index in [1.54, 1.807) is 0 Å². The van der Waals surface area contributed by atoms with Crippen molar-refractivity contribution in [3.8, 4) is 11.5 Å². The SMILES string of the molecule is CN(C(=O)CCc1ccc2c(c1)OCO2)[C@H]1C[C@H]2CC(=O)NC[C@H]2C1. The van der Waals surface area contributed by atoms with Gasteiger partial charge in [0, 0.05) is 32.5 Å². The van der Waals surface area contributed by atoms with Gasteiger partial charge in [-0.2, -0.15) is 0 Å². The topological polar surface area (TPSA) is 67.9 Å². The third kappa shape index (κ3) is 3.30. The lowest BCUT2D eigenvalue weighted by atomic mass is 9.89. The van der Waals surface area contributed by atoms with Crippen LogP contribution in [0, 0.1) is 11.8 Å². The molecule has 6 heteroatoms. The van der Waals surface area contributed by atoms with Gasteiger partial charge in [0.25, 0.3) is 0 Å². The summed E-state index contributed by atoms with van der Waals surface area (Å²) in [6.45, 7) is 1.03. The van der Waals surface area contributed by atoms with Crippen LogP contribution in [0.5, 0.6) is 11.5 Å². The summed E-state index contributed by atoms with van der Waals surface area (Å²) in [5, 5.41) is 2.94. The van der Waals surface area contributed by atoms with Gasteiger partial charge in [0.1, 0.15) is 0 Å². The molecule has 6 nitrogen and oxygen atoms in total. The molecule has 0 spiro atoms. The molecule has 1 saturated heterocycles. The largest absolute Gasteiger partial charge is 0.454 e. The average Bonchev–Trinajstić information content (AvgIpc) is 3.24. The van der Waals surface area contributed by atoms with Gasteiger partial charge in [0.2, 0.25) is 18.6 Å². The Morgan fingerprint density at radius 3 is 2.92 bits per heavy atom. The highest BCUT2D eigenvalue weighted by Crippen LogP contribution is 2.38. The van der Waals surface area contributed by atoms with Gasteiger partial charge < -0.3 is 19.7 Å². The number of hydrogen-bond acceptors (Lipinski definition) is 4. The van der Waals surface area contributed by atoms with Gasteiger partial charge in [-0.15, -0.1) is 0 Å². The summed E-state index contributed by atoms with van der Waals surface area (Å²) in [6.07, 6.45) is 3.74. The van der Waals surface area contributed by atoms with Crippen LogP contribution in [-0.2, 0) is 16.0 Å². The van der Waals surface area contributed by atoms with Crippen LogP contribution in [-0.4, -0.2) is 43.1 Å². The predicted octanol–water partition coefficient (Wildman–Crippen LogP) is 1.72. The van der Waals surface area contributed by atoms with Crippen LogP contribution in [0.3, 0.4) is 0 Å². The molecule has 3 atom stereocenters. The molecular formula is C19H24N2O4. The van der Waals surface area contributed by atoms with E-state index in [0.717, 1.165) is 36.4 Å².